The Morgan fingerprint density at radius 1 is 1.17 bits per heavy atom. The van der Waals surface area contributed by atoms with E-state index in [1.807, 2.05) is 0 Å². The first kappa shape index (κ1) is 9.96. The van der Waals surface area contributed by atoms with Crippen LogP contribution in [0.1, 0.15) is 25.7 Å². The lowest BCUT2D eigenvalue weighted by atomic mass is 10.1. The van der Waals surface area contributed by atoms with Crippen LogP contribution in [0.3, 0.4) is 0 Å². The van der Waals surface area contributed by atoms with Gasteiger partial charge in [0.15, 0.2) is 0 Å². The molecule has 3 nitrogen and oxygen atoms in total. The molecule has 0 aromatic heterocycles. The van der Waals surface area contributed by atoms with Crippen LogP contribution in [0.15, 0.2) is 0 Å². The highest BCUT2D eigenvalue weighted by atomic mass is 16.3. The summed E-state index contributed by atoms with van der Waals surface area (Å²) in [5.41, 5.74) is 0. The summed E-state index contributed by atoms with van der Waals surface area (Å²) in [5, 5.41) is 17.8. The first-order chi connectivity index (χ1) is 5.83. The Morgan fingerprint density at radius 3 is 2.42 bits per heavy atom. The first-order valence-electron chi connectivity index (χ1n) is 4.84. The molecule has 1 aliphatic rings. The van der Waals surface area contributed by atoms with Gasteiger partial charge in [-0.3, -0.25) is 0 Å². The van der Waals surface area contributed by atoms with E-state index in [0.29, 0.717) is 6.61 Å². The number of hydrogen-bond donors (Lipinski definition) is 2. The molecule has 12 heavy (non-hydrogen) atoms. The van der Waals surface area contributed by atoms with Crippen molar-refractivity contribution in [1.82, 2.24) is 4.90 Å². The van der Waals surface area contributed by atoms with E-state index in [4.69, 9.17) is 5.11 Å². The molecule has 2 N–H and O–H groups in total. The van der Waals surface area contributed by atoms with Crippen molar-refractivity contribution in [3.05, 3.63) is 0 Å². The maximum Gasteiger partial charge on any atom is 0.0564 e. The minimum atomic E-state index is -0.0703. The number of piperidine rings is 1. The molecule has 0 saturated carbocycles. The molecule has 0 spiro atoms. The fourth-order valence-electron chi connectivity index (χ4n) is 1.59. The molecule has 0 atom stereocenters. The number of likely N-dealkylation sites (tertiary alicyclic amines) is 1. The van der Waals surface area contributed by atoms with Crippen LogP contribution < -0.4 is 0 Å². The van der Waals surface area contributed by atoms with Crippen molar-refractivity contribution in [1.29, 1.82) is 0 Å². The minimum Gasteiger partial charge on any atom is -0.396 e. The van der Waals surface area contributed by atoms with Crippen LogP contribution in [0.5, 0.6) is 0 Å². The third-order valence-electron chi connectivity index (χ3n) is 2.44. The molecular formula is C9H19NO2. The second kappa shape index (κ2) is 5.51. The van der Waals surface area contributed by atoms with Gasteiger partial charge in [-0.05, 0) is 32.2 Å². The molecule has 3 heteroatoms. The molecule has 0 bridgehead atoms. The van der Waals surface area contributed by atoms with Gasteiger partial charge in [0.1, 0.15) is 0 Å². The highest BCUT2D eigenvalue weighted by Crippen LogP contribution is 2.10. The Balaban J connectivity index is 2.01. The van der Waals surface area contributed by atoms with E-state index in [-0.39, 0.29) is 6.10 Å². The van der Waals surface area contributed by atoms with Crippen molar-refractivity contribution in [2.24, 2.45) is 0 Å². The van der Waals surface area contributed by atoms with E-state index in [0.717, 1.165) is 45.3 Å². The van der Waals surface area contributed by atoms with Crippen LogP contribution in [0.25, 0.3) is 0 Å². The fourth-order valence-corrected chi connectivity index (χ4v) is 1.59. The summed E-state index contributed by atoms with van der Waals surface area (Å²) in [6, 6.07) is 0. The highest BCUT2D eigenvalue weighted by Gasteiger charge is 2.15. The maximum absolute atomic E-state index is 9.23. The van der Waals surface area contributed by atoms with Gasteiger partial charge in [-0.1, -0.05) is 0 Å². The SMILES string of the molecule is OCCCCN1CCC(O)CC1. The van der Waals surface area contributed by atoms with Gasteiger partial charge < -0.3 is 15.1 Å². The average Bonchev–Trinajstić information content (AvgIpc) is 2.09. The zero-order valence-corrected chi connectivity index (χ0v) is 7.58. The van der Waals surface area contributed by atoms with Crippen molar-refractivity contribution >= 4 is 0 Å². The fraction of sp³-hybridized carbons (Fsp3) is 1.00. The van der Waals surface area contributed by atoms with Crippen molar-refractivity contribution in [3.63, 3.8) is 0 Å². The number of nitrogens with zero attached hydrogens (tertiary/aromatic N) is 1. The van der Waals surface area contributed by atoms with Crippen molar-refractivity contribution < 1.29 is 10.2 Å². The number of aliphatic hydroxyl groups is 2. The molecule has 0 radical (unpaired) electrons. The molecule has 1 aliphatic heterocycles. The summed E-state index contributed by atoms with van der Waals surface area (Å²) in [5.74, 6) is 0. The molecule has 1 rings (SSSR count). The number of unbranched alkanes of at least 4 members (excludes halogenated alkanes) is 1. The quantitative estimate of drug-likeness (QED) is 0.598. The molecule has 1 saturated heterocycles. The smallest absolute Gasteiger partial charge is 0.0564 e. The second-order valence-electron chi connectivity index (χ2n) is 3.50. The number of aliphatic hydroxyl groups excluding tert-OH is 2. The maximum atomic E-state index is 9.23. The molecule has 0 amide bonds. The van der Waals surface area contributed by atoms with Gasteiger partial charge in [-0.2, -0.15) is 0 Å². The highest BCUT2D eigenvalue weighted by molar-refractivity contribution is 4.70. The lowest BCUT2D eigenvalue weighted by Gasteiger charge is -2.29. The van der Waals surface area contributed by atoms with Gasteiger partial charge in [0.25, 0.3) is 0 Å². The van der Waals surface area contributed by atoms with Gasteiger partial charge in [0.2, 0.25) is 0 Å². The van der Waals surface area contributed by atoms with Gasteiger partial charge in [-0.25, -0.2) is 0 Å². The van der Waals surface area contributed by atoms with E-state index in [1.165, 1.54) is 0 Å². The number of rotatable bonds is 4. The van der Waals surface area contributed by atoms with Crippen LogP contribution >= 0.6 is 0 Å². The number of hydrogen-bond acceptors (Lipinski definition) is 3. The van der Waals surface area contributed by atoms with E-state index in [9.17, 15) is 5.11 Å². The van der Waals surface area contributed by atoms with E-state index in [1.54, 1.807) is 0 Å². The van der Waals surface area contributed by atoms with Crippen LogP contribution in [0.2, 0.25) is 0 Å². The summed E-state index contributed by atoms with van der Waals surface area (Å²) in [7, 11) is 0. The summed E-state index contributed by atoms with van der Waals surface area (Å²) in [4.78, 5) is 2.36. The zero-order valence-electron chi connectivity index (χ0n) is 7.58. The van der Waals surface area contributed by atoms with Crippen LogP contribution in [0.4, 0.5) is 0 Å². The predicted molar refractivity (Wildman–Crippen MR) is 48.0 cm³/mol. The normalized spacial score (nSPS) is 21.5. The summed E-state index contributed by atoms with van der Waals surface area (Å²) in [6.45, 7) is 3.42. The standard InChI is InChI=1S/C9H19NO2/c11-8-2-1-5-10-6-3-9(12)4-7-10/h9,11-12H,1-8H2. The lowest BCUT2D eigenvalue weighted by Crippen LogP contribution is -2.36. The van der Waals surface area contributed by atoms with Gasteiger partial charge >= 0.3 is 0 Å². The molecule has 72 valence electrons. The van der Waals surface area contributed by atoms with Gasteiger partial charge in [-0.15, -0.1) is 0 Å². The summed E-state index contributed by atoms with van der Waals surface area (Å²) >= 11 is 0. The van der Waals surface area contributed by atoms with Crippen LogP contribution in [0, 0.1) is 0 Å². The topological polar surface area (TPSA) is 43.7 Å². The van der Waals surface area contributed by atoms with Crippen LogP contribution in [-0.4, -0.2) is 47.5 Å². The van der Waals surface area contributed by atoms with Crippen molar-refractivity contribution in [3.8, 4) is 0 Å². The summed E-state index contributed by atoms with van der Waals surface area (Å²) < 4.78 is 0. The van der Waals surface area contributed by atoms with Crippen molar-refractivity contribution in [2.45, 2.75) is 31.8 Å². The van der Waals surface area contributed by atoms with E-state index < -0.39 is 0 Å². The molecule has 0 aliphatic carbocycles. The molecular weight excluding hydrogens is 154 g/mol. The Hall–Kier alpha value is -0.120. The lowest BCUT2D eigenvalue weighted by molar-refractivity contribution is 0.0810. The van der Waals surface area contributed by atoms with E-state index in [2.05, 4.69) is 4.90 Å². The largest absolute Gasteiger partial charge is 0.396 e. The van der Waals surface area contributed by atoms with E-state index >= 15 is 0 Å². The molecule has 1 fully saturated rings. The zero-order chi connectivity index (χ0) is 8.81. The summed E-state index contributed by atoms with van der Waals surface area (Å²) in [6.07, 6.45) is 3.74. The van der Waals surface area contributed by atoms with Crippen LogP contribution in [-0.2, 0) is 0 Å². The van der Waals surface area contributed by atoms with Crippen molar-refractivity contribution in [2.75, 3.05) is 26.2 Å². The first-order valence-corrected chi connectivity index (χ1v) is 4.84. The molecule has 0 unspecified atom stereocenters. The predicted octanol–water partition coefficient (Wildman–Crippen LogP) is 0.216. The third kappa shape index (κ3) is 3.52. The Labute approximate surface area is 74.0 Å². The third-order valence-corrected chi connectivity index (χ3v) is 2.44. The Kier molecular flexibility index (Phi) is 4.58. The average molecular weight is 173 g/mol. The molecule has 0 aromatic rings. The monoisotopic (exact) mass is 173 g/mol. The molecule has 1 heterocycles. The minimum absolute atomic E-state index is 0.0703. The van der Waals surface area contributed by atoms with Gasteiger partial charge in [0.05, 0.1) is 6.10 Å². The second-order valence-corrected chi connectivity index (χ2v) is 3.50. The Bertz CT molecular complexity index is 111. The molecule has 0 aromatic carbocycles. The Morgan fingerprint density at radius 2 is 1.83 bits per heavy atom. The van der Waals surface area contributed by atoms with Gasteiger partial charge in [0, 0.05) is 19.7 Å².